The molecule has 24 heavy (non-hydrogen) atoms. The standard InChI is InChI=1S/C17H21N5O2/c18-13-5-6-15-19-22(17(24)21(15)10-8-13)11-16(23)20-9-7-12-3-1-2-4-14(12)20/h1-4,13H,5-11,18H2. The molecule has 1 atom stereocenters. The van der Waals surface area contributed by atoms with E-state index in [1.807, 2.05) is 24.3 Å². The van der Waals surface area contributed by atoms with Crippen molar-refractivity contribution in [2.45, 2.75) is 44.8 Å². The Kier molecular flexibility index (Phi) is 3.72. The quantitative estimate of drug-likeness (QED) is 0.859. The highest BCUT2D eigenvalue weighted by molar-refractivity contribution is 5.95. The zero-order chi connectivity index (χ0) is 16.7. The second-order valence-electron chi connectivity index (χ2n) is 6.52. The average molecular weight is 327 g/mol. The van der Waals surface area contributed by atoms with Gasteiger partial charge in [-0.15, -0.1) is 0 Å². The summed E-state index contributed by atoms with van der Waals surface area (Å²) >= 11 is 0. The fourth-order valence-corrected chi connectivity index (χ4v) is 3.56. The van der Waals surface area contributed by atoms with Gasteiger partial charge in [0.15, 0.2) is 0 Å². The zero-order valence-electron chi connectivity index (χ0n) is 13.5. The third-order valence-corrected chi connectivity index (χ3v) is 4.93. The van der Waals surface area contributed by atoms with Gasteiger partial charge in [0.2, 0.25) is 5.91 Å². The summed E-state index contributed by atoms with van der Waals surface area (Å²) in [4.78, 5) is 26.9. The lowest BCUT2D eigenvalue weighted by Crippen LogP contribution is -2.36. The normalized spacial score (nSPS) is 19.7. The summed E-state index contributed by atoms with van der Waals surface area (Å²) in [6.07, 6.45) is 3.13. The fourth-order valence-electron chi connectivity index (χ4n) is 3.56. The number of para-hydroxylation sites is 1. The van der Waals surface area contributed by atoms with Crippen LogP contribution in [0.5, 0.6) is 0 Å². The van der Waals surface area contributed by atoms with E-state index >= 15 is 0 Å². The molecule has 7 nitrogen and oxygen atoms in total. The number of benzene rings is 1. The highest BCUT2D eigenvalue weighted by Crippen LogP contribution is 2.27. The maximum absolute atomic E-state index is 12.7. The highest BCUT2D eigenvalue weighted by Gasteiger charge is 2.26. The topological polar surface area (TPSA) is 86.2 Å². The molecule has 1 aromatic carbocycles. The van der Waals surface area contributed by atoms with Gasteiger partial charge in [-0.3, -0.25) is 9.36 Å². The van der Waals surface area contributed by atoms with Crippen LogP contribution in [0.4, 0.5) is 5.69 Å². The molecule has 2 aromatic rings. The first-order valence-electron chi connectivity index (χ1n) is 8.44. The smallest absolute Gasteiger partial charge is 0.328 e. The van der Waals surface area contributed by atoms with Crippen LogP contribution in [0.3, 0.4) is 0 Å². The molecule has 0 radical (unpaired) electrons. The number of nitrogens with zero attached hydrogens (tertiary/aromatic N) is 4. The Bertz CT molecular complexity index is 838. The number of carbonyl (C=O) groups excluding carboxylic acids is 1. The first-order chi connectivity index (χ1) is 11.6. The summed E-state index contributed by atoms with van der Waals surface area (Å²) in [5.41, 5.74) is 7.87. The maximum atomic E-state index is 12.7. The first-order valence-corrected chi connectivity index (χ1v) is 8.44. The van der Waals surface area contributed by atoms with Crippen molar-refractivity contribution in [3.8, 4) is 0 Å². The number of rotatable bonds is 2. The summed E-state index contributed by atoms with van der Waals surface area (Å²) < 4.78 is 2.97. The van der Waals surface area contributed by atoms with E-state index < -0.39 is 0 Å². The van der Waals surface area contributed by atoms with Crippen molar-refractivity contribution in [3.05, 3.63) is 46.1 Å². The molecule has 3 heterocycles. The van der Waals surface area contributed by atoms with Crippen molar-refractivity contribution < 1.29 is 4.79 Å². The number of carbonyl (C=O) groups is 1. The molecule has 0 saturated carbocycles. The number of aryl methyl sites for hydroxylation is 1. The third kappa shape index (κ3) is 2.54. The van der Waals surface area contributed by atoms with E-state index in [0.717, 1.165) is 30.8 Å². The minimum atomic E-state index is -0.208. The minimum absolute atomic E-state index is 0.0147. The van der Waals surface area contributed by atoms with Crippen LogP contribution in [0.15, 0.2) is 29.1 Å². The predicted molar refractivity (Wildman–Crippen MR) is 89.9 cm³/mol. The Morgan fingerprint density at radius 2 is 2.04 bits per heavy atom. The van der Waals surface area contributed by atoms with E-state index in [9.17, 15) is 9.59 Å². The van der Waals surface area contributed by atoms with Crippen LogP contribution in [0, 0.1) is 0 Å². The van der Waals surface area contributed by atoms with Crippen molar-refractivity contribution in [1.82, 2.24) is 14.3 Å². The van der Waals surface area contributed by atoms with E-state index in [1.165, 1.54) is 10.2 Å². The zero-order valence-corrected chi connectivity index (χ0v) is 13.5. The minimum Gasteiger partial charge on any atom is -0.328 e. The Hall–Kier alpha value is -2.41. The number of aromatic nitrogens is 3. The molecule has 1 aromatic heterocycles. The molecule has 1 unspecified atom stereocenters. The molecule has 2 N–H and O–H groups in total. The molecule has 1 amide bonds. The third-order valence-electron chi connectivity index (χ3n) is 4.93. The summed E-state index contributed by atoms with van der Waals surface area (Å²) in [7, 11) is 0. The Labute approximate surface area is 139 Å². The Morgan fingerprint density at radius 3 is 2.92 bits per heavy atom. The molecule has 4 rings (SSSR count). The monoisotopic (exact) mass is 327 g/mol. The predicted octanol–water partition coefficient (Wildman–Crippen LogP) is 0.298. The number of anilines is 1. The van der Waals surface area contributed by atoms with Crippen LogP contribution in [0.1, 0.15) is 24.2 Å². The van der Waals surface area contributed by atoms with Gasteiger partial charge in [0.1, 0.15) is 12.4 Å². The molecule has 2 aliphatic rings. The molecule has 0 bridgehead atoms. The van der Waals surface area contributed by atoms with Crippen molar-refractivity contribution in [3.63, 3.8) is 0 Å². The fraction of sp³-hybridized carbons (Fsp3) is 0.471. The number of hydrogen-bond donors (Lipinski definition) is 1. The highest BCUT2D eigenvalue weighted by atomic mass is 16.2. The van der Waals surface area contributed by atoms with E-state index in [1.54, 1.807) is 9.47 Å². The second-order valence-corrected chi connectivity index (χ2v) is 6.52. The lowest BCUT2D eigenvalue weighted by molar-refractivity contribution is -0.119. The first kappa shape index (κ1) is 15.1. The largest absolute Gasteiger partial charge is 0.346 e. The van der Waals surface area contributed by atoms with Crippen molar-refractivity contribution in [1.29, 1.82) is 0 Å². The van der Waals surface area contributed by atoms with E-state index in [-0.39, 0.29) is 24.2 Å². The molecular formula is C17H21N5O2. The van der Waals surface area contributed by atoms with Gasteiger partial charge in [-0.2, -0.15) is 5.10 Å². The van der Waals surface area contributed by atoms with Crippen molar-refractivity contribution >= 4 is 11.6 Å². The number of amides is 1. The Balaban J connectivity index is 1.56. The molecule has 126 valence electrons. The molecule has 7 heteroatoms. The van der Waals surface area contributed by atoms with Crippen molar-refractivity contribution in [2.75, 3.05) is 11.4 Å². The van der Waals surface area contributed by atoms with Crippen LogP contribution in [-0.4, -0.2) is 32.8 Å². The molecule has 2 aliphatic heterocycles. The summed E-state index contributed by atoms with van der Waals surface area (Å²) in [5.74, 6) is 0.648. The SMILES string of the molecule is NC1CCc2nn(CC(=O)N3CCc4ccccc43)c(=O)n2CC1. The molecule has 0 spiro atoms. The van der Waals surface area contributed by atoms with Gasteiger partial charge >= 0.3 is 5.69 Å². The maximum Gasteiger partial charge on any atom is 0.346 e. The van der Waals surface area contributed by atoms with Gasteiger partial charge in [0.05, 0.1) is 0 Å². The Morgan fingerprint density at radius 1 is 1.21 bits per heavy atom. The van der Waals surface area contributed by atoms with Gasteiger partial charge in [-0.25, -0.2) is 9.48 Å². The van der Waals surface area contributed by atoms with E-state index in [0.29, 0.717) is 19.5 Å². The van der Waals surface area contributed by atoms with Crippen LogP contribution in [0.2, 0.25) is 0 Å². The second kappa shape index (κ2) is 5.90. The van der Waals surface area contributed by atoms with Gasteiger partial charge in [0, 0.05) is 31.2 Å². The van der Waals surface area contributed by atoms with Gasteiger partial charge in [-0.1, -0.05) is 18.2 Å². The van der Waals surface area contributed by atoms with Crippen LogP contribution in [0.25, 0.3) is 0 Å². The van der Waals surface area contributed by atoms with Gasteiger partial charge in [0.25, 0.3) is 0 Å². The molecule has 0 saturated heterocycles. The van der Waals surface area contributed by atoms with Crippen LogP contribution < -0.4 is 16.3 Å². The van der Waals surface area contributed by atoms with E-state index in [2.05, 4.69) is 5.10 Å². The van der Waals surface area contributed by atoms with Gasteiger partial charge in [-0.05, 0) is 30.9 Å². The summed E-state index contributed by atoms with van der Waals surface area (Å²) in [5, 5.41) is 4.38. The summed E-state index contributed by atoms with van der Waals surface area (Å²) in [6, 6.07) is 8.01. The lowest BCUT2D eigenvalue weighted by atomic mass is 10.1. The molecule has 0 fully saturated rings. The van der Waals surface area contributed by atoms with E-state index in [4.69, 9.17) is 5.73 Å². The number of hydrogen-bond acceptors (Lipinski definition) is 4. The van der Waals surface area contributed by atoms with Gasteiger partial charge < -0.3 is 10.6 Å². The molecule has 0 aliphatic carbocycles. The number of nitrogens with two attached hydrogens (primary N) is 1. The lowest BCUT2D eigenvalue weighted by Gasteiger charge is -2.16. The average Bonchev–Trinajstić information content (AvgIpc) is 3.07. The van der Waals surface area contributed by atoms with Crippen molar-refractivity contribution in [2.24, 2.45) is 5.73 Å². The summed E-state index contributed by atoms with van der Waals surface area (Å²) in [6.45, 7) is 1.23. The molecular weight excluding hydrogens is 306 g/mol. The van der Waals surface area contributed by atoms with Crippen LogP contribution in [-0.2, 0) is 30.7 Å². The number of fused-ring (bicyclic) bond motifs is 2. The van der Waals surface area contributed by atoms with Crippen LogP contribution >= 0.6 is 0 Å².